The lowest BCUT2D eigenvalue weighted by Crippen LogP contribution is -2.51. The van der Waals surface area contributed by atoms with E-state index in [-0.39, 0.29) is 16.8 Å². The fourth-order valence-electron chi connectivity index (χ4n) is 5.73. The van der Waals surface area contributed by atoms with E-state index in [1.165, 1.54) is 0 Å². The van der Waals surface area contributed by atoms with Crippen LogP contribution in [-0.2, 0) is 14.3 Å². The van der Waals surface area contributed by atoms with Gasteiger partial charge in [0.2, 0.25) is 29.0 Å². The van der Waals surface area contributed by atoms with E-state index in [0.717, 1.165) is 10.5 Å². The van der Waals surface area contributed by atoms with Crippen LogP contribution in [0.2, 0.25) is 0 Å². The number of hydrogen-bond donors (Lipinski definition) is 0. The second-order valence-corrected chi connectivity index (χ2v) is 9.30. The Morgan fingerprint density at radius 3 is 2.08 bits per heavy atom. The average Bonchev–Trinajstić information content (AvgIpc) is 3.45. The first-order valence-electron chi connectivity index (χ1n) is 11.9. The number of Topliss-reactive ketones (excluding diaryl/α,β-unsaturated/α-hetero) is 2. The van der Waals surface area contributed by atoms with E-state index < -0.39 is 46.9 Å². The van der Waals surface area contributed by atoms with Gasteiger partial charge in [-0.2, -0.15) is 0 Å². The summed E-state index contributed by atoms with van der Waals surface area (Å²) in [6.45, 7) is 4.08. The zero-order valence-corrected chi connectivity index (χ0v) is 19.8. The first-order valence-corrected chi connectivity index (χ1v) is 11.9. The Morgan fingerprint density at radius 2 is 1.44 bits per heavy atom. The molecule has 180 valence electrons. The summed E-state index contributed by atoms with van der Waals surface area (Å²) in [5.74, 6) is -4.27. The molecule has 3 unspecified atom stereocenters. The normalized spacial score (nSPS) is 23.9. The summed E-state index contributed by atoms with van der Waals surface area (Å²) >= 11 is 0. The summed E-state index contributed by atoms with van der Waals surface area (Å²) in [5.41, 5.74) is 0.247. The molecular weight excluding hydrogens is 458 g/mol. The smallest absolute Gasteiger partial charge is 0.241 e. The number of carbonyl (C=O) groups excluding carboxylic acids is 4. The number of para-hydroxylation sites is 2. The summed E-state index contributed by atoms with van der Waals surface area (Å²) in [5, 5.41) is 0. The van der Waals surface area contributed by atoms with Gasteiger partial charge in [0.05, 0.1) is 30.2 Å². The van der Waals surface area contributed by atoms with Gasteiger partial charge in [0.25, 0.3) is 0 Å². The minimum Gasteiger partial charge on any atom is -0.492 e. The molecule has 0 N–H and O–H groups in total. The maximum Gasteiger partial charge on any atom is 0.241 e. The number of hydrogen-bond acceptors (Lipinski definition) is 6. The third-order valence-corrected chi connectivity index (χ3v) is 7.33. The van der Waals surface area contributed by atoms with Gasteiger partial charge in [0, 0.05) is 11.1 Å². The third kappa shape index (κ3) is 2.83. The fraction of sp³-hybridized carbons (Fsp3) is 0.241. The maximum absolute atomic E-state index is 14.1. The van der Waals surface area contributed by atoms with E-state index in [9.17, 15) is 19.2 Å². The zero-order chi connectivity index (χ0) is 25.2. The highest BCUT2D eigenvalue weighted by Crippen LogP contribution is 2.58. The molecule has 2 heterocycles. The Labute approximate surface area is 207 Å². The predicted octanol–water partition coefficient (Wildman–Crippen LogP) is 4.09. The number of imide groups is 1. The molecule has 2 saturated heterocycles. The first-order chi connectivity index (χ1) is 17.4. The van der Waals surface area contributed by atoms with Gasteiger partial charge in [-0.1, -0.05) is 66.2 Å². The monoisotopic (exact) mass is 481 g/mol. The van der Waals surface area contributed by atoms with E-state index in [4.69, 9.17) is 9.47 Å². The Bertz CT molecular complexity index is 1410. The number of benzene rings is 3. The highest BCUT2D eigenvalue weighted by molar-refractivity contribution is 6.37. The van der Waals surface area contributed by atoms with Crippen molar-refractivity contribution in [3.05, 3.63) is 95.1 Å². The Hall–Kier alpha value is -4.10. The molecule has 3 atom stereocenters. The van der Waals surface area contributed by atoms with Crippen molar-refractivity contribution in [2.45, 2.75) is 25.6 Å². The number of ketones is 2. The molecular formula is C29H23NO6. The summed E-state index contributed by atoms with van der Waals surface area (Å²) < 4.78 is 12.0. The van der Waals surface area contributed by atoms with Crippen LogP contribution in [0, 0.1) is 18.8 Å². The molecule has 1 aliphatic carbocycles. The molecule has 0 radical (unpaired) electrons. The van der Waals surface area contributed by atoms with Crippen LogP contribution >= 0.6 is 0 Å². The van der Waals surface area contributed by atoms with Crippen molar-refractivity contribution in [3.8, 4) is 5.75 Å². The third-order valence-electron chi connectivity index (χ3n) is 7.33. The number of rotatable bonds is 4. The lowest BCUT2D eigenvalue weighted by atomic mass is 9.77. The predicted molar refractivity (Wildman–Crippen MR) is 130 cm³/mol. The number of ether oxygens (including phenoxy) is 2. The number of fused-ring (bicyclic) bond motifs is 3. The van der Waals surface area contributed by atoms with E-state index in [1.807, 2.05) is 38.1 Å². The molecule has 3 aliphatic rings. The van der Waals surface area contributed by atoms with Gasteiger partial charge in [-0.25, -0.2) is 4.90 Å². The lowest BCUT2D eigenvalue weighted by molar-refractivity contribution is -0.127. The number of anilines is 1. The molecule has 2 amide bonds. The minimum atomic E-state index is -2.09. The van der Waals surface area contributed by atoms with E-state index in [0.29, 0.717) is 17.9 Å². The molecule has 3 aromatic rings. The van der Waals surface area contributed by atoms with Gasteiger partial charge in [-0.05, 0) is 31.5 Å². The van der Waals surface area contributed by atoms with Crippen LogP contribution in [0.3, 0.4) is 0 Å². The van der Waals surface area contributed by atoms with Crippen molar-refractivity contribution in [3.63, 3.8) is 0 Å². The van der Waals surface area contributed by atoms with Crippen LogP contribution < -0.4 is 9.64 Å². The maximum atomic E-state index is 14.1. The van der Waals surface area contributed by atoms with Crippen LogP contribution in [0.1, 0.15) is 44.9 Å². The van der Waals surface area contributed by atoms with Gasteiger partial charge in [-0.3, -0.25) is 19.2 Å². The lowest BCUT2D eigenvalue weighted by Gasteiger charge is -2.27. The standard InChI is InChI=1S/C29H23NO6/c1-3-35-21-11-7-6-10-20(21)30-27(33)22-23(28(30)34)29(36-24(22)17-14-12-16(2)13-15-17)25(31)18-8-4-5-9-19(18)26(29)32/h4-15,22-24H,3H2,1-2H3. The van der Waals surface area contributed by atoms with Crippen molar-refractivity contribution < 1.29 is 28.7 Å². The Kier molecular flexibility index (Phi) is 4.95. The largest absolute Gasteiger partial charge is 0.492 e. The van der Waals surface area contributed by atoms with Gasteiger partial charge >= 0.3 is 0 Å². The molecule has 2 aliphatic heterocycles. The molecule has 0 bridgehead atoms. The Balaban J connectivity index is 1.54. The fourth-order valence-corrected chi connectivity index (χ4v) is 5.73. The molecule has 7 heteroatoms. The van der Waals surface area contributed by atoms with E-state index in [2.05, 4.69) is 0 Å². The Morgan fingerprint density at radius 1 is 0.833 bits per heavy atom. The van der Waals surface area contributed by atoms with Crippen molar-refractivity contribution in [2.75, 3.05) is 11.5 Å². The highest BCUT2D eigenvalue weighted by Gasteiger charge is 2.74. The van der Waals surface area contributed by atoms with Crippen LogP contribution in [0.5, 0.6) is 5.75 Å². The van der Waals surface area contributed by atoms with Crippen molar-refractivity contribution in [2.24, 2.45) is 11.8 Å². The number of aryl methyl sites for hydroxylation is 1. The highest BCUT2D eigenvalue weighted by atomic mass is 16.5. The molecule has 0 saturated carbocycles. The molecule has 2 fully saturated rings. The summed E-state index contributed by atoms with van der Waals surface area (Å²) in [7, 11) is 0. The number of carbonyl (C=O) groups is 4. The van der Waals surface area contributed by atoms with E-state index >= 15 is 0 Å². The summed E-state index contributed by atoms with van der Waals surface area (Å²) in [4.78, 5) is 56.7. The van der Waals surface area contributed by atoms with Crippen LogP contribution in [0.4, 0.5) is 5.69 Å². The van der Waals surface area contributed by atoms with Crippen molar-refractivity contribution >= 4 is 29.1 Å². The van der Waals surface area contributed by atoms with Crippen molar-refractivity contribution in [1.82, 2.24) is 0 Å². The van der Waals surface area contributed by atoms with Crippen LogP contribution in [0.15, 0.2) is 72.8 Å². The molecule has 36 heavy (non-hydrogen) atoms. The second-order valence-electron chi connectivity index (χ2n) is 9.30. The average molecular weight is 482 g/mol. The van der Waals surface area contributed by atoms with Gasteiger partial charge < -0.3 is 9.47 Å². The molecule has 6 rings (SSSR count). The molecule has 7 nitrogen and oxygen atoms in total. The first kappa shape index (κ1) is 22.4. The van der Waals surface area contributed by atoms with Gasteiger partial charge in [0.1, 0.15) is 5.75 Å². The quantitative estimate of drug-likeness (QED) is 0.412. The minimum absolute atomic E-state index is 0.208. The zero-order valence-electron chi connectivity index (χ0n) is 19.8. The molecule has 0 aromatic heterocycles. The SMILES string of the molecule is CCOc1ccccc1N1C(=O)C2C(c3ccc(C)cc3)OC3(C(=O)c4ccccc4C3=O)C2C1=O. The van der Waals surface area contributed by atoms with Gasteiger partial charge in [0.15, 0.2) is 0 Å². The number of nitrogens with zero attached hydrogens (tertiary/aromatic N) is 1. The second kappa shape index (κ2) is 7.96. The number of amides is 2. The molecule has 1 spiro atoms. The van der Waals surface area contributed by atoms with Crippen molar-refractivity contribution in [1.29, 1.82) is 0 Å². The topological polar surface area (TPSA) is 90.0 Å². The summed E-state index contributed by atoms with van der Waals surface area (Å²) in [6.07, 6.45) is -0.946. The van der Waals surface area contributed by atoms with Crippen LogP contribution in [0.25, 0.3) is 0 Å². The van der Waals surface area contributed by atoms with Crippen LogP contribution in [-0.4, -0.2) is 35.6 Å². The van der Waals surface area contributed by atoms with E-state index in [1.54, 1.807) is 48.5 Å². The molecule has 3 aromatic carbocycles. The summed E-state index contributed by atoms with van der Waals surface area (Å²) in [6, 6.07) is 20.6. The van der Waals surface area contributed by atoms with Gasteiger partial charge in [-0.15, -0.1) is 0 Å².